The van der Waals surface area contributed by atoms with E-state index in [1.54, 1.807) is 72.2 Å². The highest BCUT2D eigenvalue weighted by atomic mass is 16.2. The van der Waals surface area contributed by atoms with Crippen molar-refractivity contribution < 1.29 is 9.59 Å². The fraction of sp³-hybridized carbons (Fsp3) is 0.269. The molecular weight excluding hydrogens is 534 g/mol. The monoisotopic (exact) mass is 567 g/mol. The standard InChI is InChI=1S/C6H7NO.C5H8N2O2.3C5H6N2O/c1-7-5-3-2-4-6(7)8;1-7-3-2-4(8)6-5(7)9;1-7-3-2-6-4-5(7)8;1-7-4-6-3-2-5(7)8;1-7-5(8)3-2-4-6-7/h2-5H,1H3;2-3H2,1H3,(H,6,8,9);3*2-4H,1H3. The van der Waals surface area contributed by atoms with Gasteiger partial charge in [0.1, 0.15) is 0 Å². The second-order valence-corrected chi connectivity index (χ2v) is 8.22. The van der Waals surface area contributed by atoms with Gasteiger partial charge < -0.3 is 18.6 Å². The van der Waals surface area contributed by atoms with Crippen molar-refractivity contribution in [2.45, 2.75) is 6.42 Å². The molecule has 0 saturated carbocycles. The summed E-state index contributed by atoms with van der Waals surface area (Å²) in [6, 6.07) is 9.27. The molecule has 0 bridgehead atoms. The molecule has 15 heteroatoms. The molecule has 1 fully saturated rings. The Morgan fingerprint density at radius 1 is 0.659 bits per heavy atom. The van der Waals surface area contributed by atoms with Gasteiger partial charge in [-0.1, -0.05) is 6.07 Å². The van der Waals surface area contributed by atoms with E-state index < -0.39 is 0 Å². The first-order valence-corrected chi connectivity index (χ1v) is 12.0. The number of carbonyl (C=O) groups is 2. The number of rotatable bonds is 0. The first-order valence-electron chi connectivity index (χ1n) is 12.0. The van der Waals surface area contributed by atoms with E-state index in [1.165, 1.54) is 60.2 Å². The number of aryl methyl sites for hydroxylation is 4. The molecule has 0 radical (unpaired) electrons. The van der Waals surface area contributed by atoms with Crippen LogP contribution in [-0.4, -0.2) is 63.9 Å². The third-order valence-corrected chi connectivity index (χ3v) is 4.96. The number of urea groups is 1. The maximum absolute atomic E-state index is 10.6. The van der Waals surface area contributed by atoms with Gasteiger partial charge in [0.15, 0.2) is 0 Å². The second kappa shape index (κ2) is 17.9. The molecule has 41 heavy (non-hydrogen) atoms. The average molecular weight is 568 g/mol. The van der Waals surface area contributed by atoms with Crippen LogP contribution in [0.1, 0.15) is 6.42 Å². The summed E-state index contributed by atoms with van der Waals surface area (Å²) in [7, 11) is 8.34. The average Bonchev–Trinajstić information content (AvgIpc) is 2.95. The smallest absolute Gasteiger partial charge is 0.323 e. The lowest BCUT2D eigenvalue weighted by Gasteiger charge is -2.21. The summed E-state index contributed by atoms with van der Waals surface area (Å²) in [6.45, 7) is 0.532. The van der Waals surface area contributed by atoms with Crippen LogP contribution in [0, 0.1) is 0 Å². The van der Waals surface area contributed by atoms with Crippen LogP contribution in [-0.2, 0) is 33.0 Å². The number of hydrogen-bond donors (Lipinski definition) is 1. The Morgan fingerprint density at radius 3 is 1.71 bits per heavy atom. The molecule has 1 aliphatic heterocycles. The van der Waals surface area contributed by atoms with Crippen LogP contribution in [0.2, 0.25) is 0 Å². The molecule has 3 amide bonds. The molecule has 5 rings (SSSR count). The number of hydrogen-bond acceptors (Lipinski definition) is 9. The molecule has 0 unspecified atom stereocenters. The van der Waals surface area contributed by atoms with Crippen LogP contribution in [0.3, 0.4) is 0 Å². The number of carbonyl (C=O) groups excluding carboxylic acids is 2. The Morgan fingerprint density at radius 2 is 1.32 bits per heavy atom. The number of nitrogens with one attached hydrogen (secondary N) is 1. The maximum Gasteiger partial charge on any atom is 0.323 e. The van der Waals surface area contributed by atoms with Crippen LogP contribution in [0.5, 0.6) is 0 Å². The Hall–Kier alpha value is -5.47. The number of imide groups is 1. The lowest BCUT2D eigenvalue weighted by atomic mass is 10.3. The summed E-state index contributed by atoms with van der Waals surface area (Å²) in [4.78, 5) is 72.0. The summed E-state index contributed by atoms with van der Waals surface area (Å²) in [6.07, 6.45) is 11.1. The van der Waals surface area contributed by atoms with Gasteiger partial charge in [0.25, 0.3) is 16.7 Å². The van der Waals surface area contributed by atoms with Gasteiger partial charge >= 0.3 is 6.03 Å². The summed E-state index contributed by atoms with van der Waals surface area (Å²) >= 11 is 0. The minimum atomic E-state index is -0.300. The maximum atomic E-state index is 10.6. The largest absolute Gasteiger partial charge is 0.327 e. The van der Waals surface area contributed by atoms with Gasteiger partial charge in [-0.05, 0) is 12.1 Å². The van der Waals surface area contributed by atoms with Crippen molar-refractivity contribution in [2.75, 3.05) is 13.6 Å². The van der Waals surface area contributed by atoms with E-state index in [0.29, 0.717) is 13.0 Å². The molecule has 1 aliphatic rings. The van der Waals surface area contributed by atoms with Gasteiger partial charge in [-0.2, -0.15) is 5.10 Å². The third kappa shape index (κ3) is 13.8. The normalized spacial score (nSPS) is 11.5. The van der Waals surface area contributed by atoms with E-state index in [1.807, 2.05) is 6.07 Å². The highest BCUT2D eigenvalue weighted by Gasteiger charge is 2.18. The predicted molar refractivity (Wildman–Crippen MR) is 151 cm³/mol. The number of amides is 3. The second-order valence-electron chi connectivity index (χ2n) is 8.22. The van der Waals surface area contributed by atoms with Crippen LogP contribution >= 0.6 is 0 Å². The summed E-state index contributed by atoms with van der Waals surface area (Å²) < 4.78 is 5.69. The molecular formula is C26H33N9O6. The van der Waals surface area contributed by atoms with E-state index >= 15 is 0 Å². The van der Waals surface area contributed by atoms with Gasteiger partial charge in [0.05, 0.1) is 12.5 Å². The molecule has 0 aromatic carbocycles. The van der Waals surface area contributed by atoms with Gasteiger partial charge in [0.2, 0.25) is 11.5 Å². The molecule has 5 heterocycles. The Balaban J connectivity index is 0.000000256. The first-order chi connectivity index (χ1) is 19.4. The van der Waals surface area contributed by atoms with Gasteiger partial charge in [-0.25, -0.2) is 14.5 Å². The SMILES string of the molecule is CN1CCC(=O)NC1=O.Cn1ccccc1=O.Cn1ccncc1=O.Cn1cnccc1=O.Cn1ncccc1=O. The lowest BCUT2D eigenvalue weighted by Crippen LogP contribution is -2.47. The minimum Gasteiger partial charge on any atom is -0.327 e. The first kappa shape index (κ1) is 33.6. The van der Waals surface area contributed by atoms with Crippen molar-refractivity contribution in [1.82, 2.24) is 43.7 Å². The van der Waals surface area contributed by atoms with Crippen LogP contribution in [0.4, 0.5) is 4.79 Å². The summed E-state index contributed by atoms with van der Waals surface area (Å²) in [5.41, 5.74) is -0.146. The zero-order valence-electron chi connectivity index (χ0n) is 23.4. The van der Waals surface area contributed by atoms with Crippen molar-refractivity contribution in [3.8, 4) is 0 Å². The lowest BCUT2D eigenvalue weighted by molar-refractivity contribution is -0.121. The van der Waals surface area contributed by atoms with Crippen LogP contribution in [0.15, 0.2) is 99.1 Å². The Kier molecular flexibility index (Phi) is 14.7. The fourth-order valence-corrected chi connectivity index (χ4v) is 2.41. The highest BCUT2D eigenvalue weighted by molar-refractivity contribution is 5.96. The third-order valence-electron chi connectivity index (χ3n) is 4.96. The minimum absolute atomic E-state index is 0.0278. The summed E-state index contributed by atoms with van der Waals surface area (Å²) in [5, 5.41) is 5.86. The molecule has 0 aliphatic carbocycles. The predicted octanol–water partition coefficient (Wildman–Crippen LogP) is -0.716. The Labute approximate surface area is 235 Å². The van der Waals surface area contributed by atoms with Gasteiger partial charge in [0, 0.05) is 97.4 Å². The van der Waals surface area contributed by atoms with Crippen molar-refractivity contribution >= 4 is 11.9 Å². The molecule has 1 N–H and O–H groups in total. The van der Waals surface area contributed by atoms with E-state index in [-0.39, 0.29) is 34.2 Å². The fourth-order valence-electron chi connectivity index (χ4n) is 2.41. The molecule has 0 spiro atoms. The van der Waals surface area contributed by atoms with Crippen molar-refractivity contribution in [1.29, 1.82) is 0 Å². The number of aromatic nitrogens is 7. The Bertz CT molecular complexity index is 1420. The molecule has 0 atom stereocenters. The zero-order chi connectivity index (χ0) is 30.8. The van der Waals surface area contributed by atoms with Crippen LogP contribution < -0.4 is 27.6 Å². The van der Waals surface area contributed by atoms with Crippen molar-refractivity contribution in [2.24, 2.45) is 28.2 Å². The van der Waals surface area contributed by atoms with E-state index in [2.05, 4.69) is 20.4 Å². The molecule has 4 aromatic heterocycles. The molecule has 15 nitrogen and oxygen atoms in total. The van der Waals surface area contributed by atoms with Gasteiger partial charge in [-0.15, -0.1) is 0 Å². The van der Waals surface area contributed by atoms with Crippen LogP contribution in [0.25, 0.3) is 0 Å². The number of pyridine rings is 1. The van der Waals surface area contributed by atoms with E-state index in [9.17, 15) is 28.8 Å². The van der Waals surface area contributed by atoms with Crippen molar-refractivity contribution in [3.63, 3.8) is 0 Å². The highest BCUT2D eigenvalue weighted by Crippen LogP contribution is 1.94. The van der Waals surface area contributed by atoms with E-state index in [4.69, 9.17) is 0 Å². The van der Waals surface area contributed by atoms with Crippen molar-refractivity contribution in [3.05, 3.63) is 121 Å². The van der Waals surface area contributed by atoms with Gasteiger partial charge in [-0.3, -0.25) is 34.3 Å². The topological polar surface area (TPSA) is 176 Å². The number of nitrogens with zero attached hydrogens (tertiary/aromatic N) is 8. The quantitative estimate of drug-likeness (QED) is 0.287. The summed E-state index contributed by atoms with van der Waals surface area (Å²) in [5.74, 6) is -0.182. The molecule has 218 valence electrons. The zero-order valence-corrected chi connectivity index (χ0v) is 23.4. The van der Waals surface area contributed by atoms with E-state index in [0.717, 1.165) is 0 Å². The molecule has 4 aromatic rings. The molecule has 1 saturated heterocycles.